The highest BCUT2D eigenvalue weighted by atomic mass is 32.2. The highest BCUT2D eigenvalue weighted by Crippen LogP contribution is 2.15. The molecule has 0 aromatic heterocycles. The Labute approximate surface area is 93.6 Å². The Morgan fingerprint density at radius 3 is 2.36 bits per heavy atom. The first kappa shape index (κ1) is 14.3. The average molecular weight is 218 g/mol. The predicted molar refractivity (Wildman–Crippen MR) is 67.9 cm³/mol. The lowest BCUT2D eigenvalue weighted by Gasteiger charge is -2.31. The van der Waals surface area contributed by atoms with E-state index in [4.69, 9.17) is 5.73 Å². The van der Waals surface area contributed by atoms with Crippen LogP contribution in [-0.2, 0) is 0 Å². The summed E-state index contributed by atoms with van der Waals surface area (Å²) < 4.78 is 0. The van der Waals surface area contributed by atoms with Crippen molar-refractivity contribution in [2.24, 2.45) is 11.1 Å². The van der Waals surface area contributed by atoms with Crippen molar-refractivity contribution in [3.63, 3.8) is 0 Å². The molecule has 86 valence electrons. The van der Waals surface area contributed by atoms with Crippen LogP contribution >= 0.6 is 11.8 Å². The molecule has 0 aliphatic carbocycles. The fraction of sp³-hybridized carbons (Fsp3) is 1.00. The van der Waals surface area contributed by atoms with Gasteiger partial charge < -0.3 is 10.6 Å². The highest BCUT2D eigenvalue weighted by Gasteiger charge is 2.19. The van der Waals surface area contributed by atoms with E-state index in [-0.39, 0.29) is 5.41 Å². The van der Waals surface area contributed by atoms with Crippen molar-refractivity contribution in [3.8, 4) is 0 Å². The molecule has 0 spiro atoms. The lowest BCUT2D eigenvalue weighted by molar-refractivity contribution is 0.192. The normalized spacial score (nSPS) is 12.4. The zero-order valence-corrected chi connectivity index (χ0v) is 11.0. The second-order valence-corrected chi connectivity index (χ2v) is 5.62. The van der Waals surface area contributed by atoms with Crippen LogP contribution in [0.15, 0.2) is 0 Å². The molecule has 0 aromatic carbocycles. The first-order valence-electron chi connectivity index (χ1n) is 5.47. The molecule has 0 unspecified atom stereocenters. The number of hydrogen-bond acceptors (Lipinski definition) is 3. The molecule has 3 heteroatoms. The van der Waals surface area contributed by atoms with Crippen LogP contribution in [0.3, 0.4) is 0 Å². The summed E-state index contributed by atoms with van der Waals surface area (Å²) in [7, 11) is 0. The molecule has 0 rings (SSSR count). The van der Waals surface area contributed by atoms with E-state index in [1.54, 1.807) is 0 Å². The third-order valence-electron chi connectivity index (χ3n) is 2.36. The molecular formula is C11H26N2S. The Hall–Kier alpha value is 0.270. The molecule has 0 heterocycles. The monoisotopic (exact) mass is 218 g/mol. The Balaban J connectivity index is 3.94. The quantitative estimate of drug-likeness (QED) is 0.676. The lowest BCUT2D eigenvalue weighted by Crippen LogP contribution is -2.40. The van der Waals surface area contributed by atoms with Gasteiger partial charge in [-0.15, -0.1) is 0 Å². The summed E-state index contributed by atoms with van der Waals surface area (Å²) in [6, 6.07) is 0. The maximum Gasteiger partial charge on any atom is 0.00725 e. The summed E-state index contributed by atoms with van der Waals surface area (Å²) in [4.78, 5) is 2.53. The van der Waals surface area contributed by atoms with E-state index in [2.05, 4.69) is 31.9 Å². The third-order valence-corrected chi connectivity index (χ3v) is 2.95. The van der Waals surface area contributed by atoms with Crippen LogP contribution in [0.2, 0.25) is 0 Å². The van der Waals surface area contributed by atoms with Crippen LogP contribution in [0.25, 0.3) is 0 Å². The van der Waals surface area contributed by atoms with Crippen molar-refractivity contribution in [1.29, 1.82) is 0 Å². The molecular weight excluding hydrogens is 192 g/mol. The first-order chi connectivity index (χ1) is 6.55. The molecule has 0 saturated carbocycles. The van der Waals surface area contributed by atoms with Gasteiger partial charge in [-0.25, -0.2) is 0 Å². The van der Waals surface area contributed by atoms with E-state index in [0.29, 0.717) is 0 Å². The van der Waals surface area contributed by atoms with Crippen molar-refractivity contribution >= 4 is 11.8 Å². The minimum Gasteiger partial charge on any atom is -0.330 e. The Morgan fingerprint density at radius 2 is 1.93 bits per heavy atom. The van der Waals surface area contributed by atoms with Gasteiger partial charge in [0.25, 0.3) is 0 Å². The molecule has 0 aliphatic rings. The van der Waals surface area contributed by atoms with Gasteiger partial charge in [0.1, 0.15) is 0 Å². The fourth-order valence-corrected chi connectivity index (χ4v) is 1.92. The van der Waals surface area contributed by atoms with Gasteiger partial charge in [0.2, 0.25) is 0 Å². The van der Waals surface area contributed by atoms with Gasteiger partial charge in [-0.05, 0) is 31.2 Å². The van der Waals surface area contributed by atoms with Gasteiger partial charge in [0, 0.05) is 18.8 Å². The molecule has 0 aromatic rings. The SMILES string of the molecule is CCCN(CCSC)CC(C)(C)CN. The average Bonchev–Trinajstić information content (AvgIpc) is 2.14. The molecule has 0 bridgehead atoms. The zero-order chi connectivity index (χ0) is 11.0. The number of nitrogens with zero attached hydrogens (tertiary/aromatic N) is 1. The molecule has 0 amide bonds. The largest absolute Gasteiger partial charge is 0.330 e. The molecule has 0 aliphatic heterocycles. The standard InChI is InChI=1S/C11H26N2S/c1-5-6-13(7-8-14-4)10-11(2,3)9-12/h5-10,12H2,1-4H3. The number of nitrogens with two attached hydrogens (primary N) is 1. The van der Waals surface area contributed by atoms with Crippen molar-refractivity contribution in [1.82, 2.24) is 4.90 Å². The van der Waals surface area contributed by atoms with Gasteiger partial charge in [-0.1, -0.05) is 20.8 Å². The van der Waals surface area contributed by atoms with Crippen LogP contribution in [0.5, 0.6) is 0 Å². The molecule has 0 fully saturated rings. The Kier molecular flexibility index (Phi) is 7.69. The van der Waals surface area contributed by atoms with Crippen molar-refractivity contribution < 1.29 is 0 Å². The molecule has 14 heavy (non-hydrogen) atoms. The van der Waals surface area contributed by atoms with Crippen molar-refractivity contribution in [3.05, 3.63) is 0 Å². The van der Waals surface area contributed by atoms with Crippen LogP contribution in [-0.4, -0.2) is 43.1 Å². The van der Waals surface area contributed by atoms with E-state index in [0.717, 1.165) is 13.1 Å². The van der Waals surface area contributed by atoms with Crippen molar-refractivity contribution in [2.45, 2.75) is 27.2 Å². The molecule has 2 nitrogen and oxygen atoms in total. The smallest absolute Gasteiger partial charge is 0.00725 e. The Morgan fingerprint density at radius 1 is 1.29 bits per heavy atom. The summed E-state index contributed by atoms with van der Waals surface area (Å²) in [5.41, 5.74) is 6.01. The van der Waals surface area contributed by atoms with Gasteiger partial charge >= 0.3 is 0 Å². The van der Waals surface area contributed by atoms with Crippen LogP contribution in [0, 0.1) is 5.41 Å². The predicted octanol–water partition coefficient (Wildman–Crippen LogP) is 2.05. The van der Waals surface area contributed by atoms with Crippen molar-refractivity contribution in [2.75, 3.05) is 38.2 Å². The van der Waals surface area contributed by atoms with Crippen LogP contribution in [0.1, 0.15) is 27.2 Å². The van der Waals surface area contributed by atoms with E-state index < -0.39 is 0 Å². The second kappa shape index (κ2) is 7.55. The molecule has 0 radical (unpaired) electrons. The van der Waals surface area contributed by atoms with E-state index >= 15 is 0 Å². The maximum absolute atomic E-state index is 5.75. The summed E-state index contributed by atoms with van der Waals surface area (Å²) in [5, 5.41) is 0. The summed E-state index contributed by atoms with van der Waals surface area (Å²) in [6.07, 6.45) is 3.40. The second-order valence-electron chi connectivity index (χ2n) is 4.64. The summed E-state index contributed by atoms with van der Waals surface area (Å²) in [5.74, 6) is 1.22. The minimum absolute atomic E-state index is 0.258. The fourth-order valence-electron chi connectivity index (χ4n) is 1.48. The number of hydrogen-bond donors (Lipinski definition) is 1. The van der Waals surface area contributed by atoms with Gasteiger partial charge in [-0.2, -0.15) is 11.8 Å². The van der Waals surface area contributed by atoms with Gasteiger partial charge in [0.05, 0.1) is 0 Å². The van der Waals surface area contributed by atoms with Crippen LogP contribution in [0.4, 0.5) is 0 Å². The maximum atomic E-state index is 5.75. The van der Waals surface area contributed by atoms with E-state index in [9.17, 15) is 0 Å². The number of rotatable bonds is 8. The number of thioether (sulfide) groups is 1. The minimum atomic E-state index is 0.258. The van der Waals surface area contributed by atoms with Gasteiger partial charge in [-0.3, -0.25) is 0 Å². The molecule has 2 N–H and O–H groups in total. The lowest BCUT2D eigenvalue weighted by atomic mass is 9.93. The van der Waals surface area contributed by atoms with Gasteiger partial charge in [0.15, 0.2) is 0 Å². The topological polar surface area (TPSA) is 29.3 Å². The summed E-state index contributed by atoms with van der Waals surface area (Å²) in [6.45, 7) is 11.0. The van der Waals surface area contributed by atoms with E-state index in [1.807, 2.05) is 11.8 Å². The molecule has 0 atom stereocenters. The first-order valence-corrected chi connectivity index (χ1v) is 6.86. The third kappa shape index (κ3) is 6.68. The Bertz CT molecular complexity index is 137. The molecule has 0 saturated heterocycles. The summed E-state index contributed by atoms with van der Waals surface area (Å²) >= 11 is 1.92. The zero-order valence-electron chi connectivity index (χ0n) is 10.2. The van der Waals surface area contributed by atoms with E-state index in [1.165, 1.54) is 25.3 Å². The van der Waals surface area contributed by atoms with Crippen LogP contribution < -0.4 is 5.73 Å². The highest BCUT2D eigenvalue weighted by molar-refractivity contribution is 7.98.